The molecular weight excluding hydrogens is 381 g/mol. The zero-order valence-electron chi connectivity index (χ0n) is 13.1. The van der Waals surface area contributed by atoms with E-state index in [2.05, 4.69) is 21.2 Å². The van der Waals surface area contributed by atoms with E-state index in [0.29, 0.717) is 21.5 Å². The van der Waals surface area contributed by atoms with Gasteiger partial charge in [-0.05, 0) is 43.3 Å². The number of benzene rings is 2. The number of hydrogen-bond donors (Lipinski definition) is 1. The number of anilines is 1. The van der Waals surface area contributed by atoms with Crippen molar-refractivity contribution in [1.29, 1.82) is 0 Å². The van der Waals surface area contributed by atoms with Crippen LogP contribution in [0.25, 0.3) is 0 Å². The smallest absolute Gasteiger partial charge is 0.262 e. The van der Waals surface area contributed by atoms with Crippen LogP contribution in [0.5, 0.6) is 11.5 Å². The lowest BCUT2D eigenvalue weighted by Gasteiger charge is -2.12. The van der Waals surface area contributed by atoms with Crippen LogP contribution >= 0.6 is 15.9 Å². The van der Waals surface area contributed by atoms with Crippen molar-refractivity contribution >= 4 is 33.3 Å². The van der Waals surface area contributed by atoms with E-state index in [-0.39, 0.29) is 18.1 Å². The molecule has 0 heterocycles. The van der Waals surface area contributed by atoms with Gasteiger partial charge in [0.1, 0.15) is 5.82 Å². The second kappa shape index (κ2) is 7.92. The number of rotatable bonds is 6. The van der Waals surface area contributed by atoms with Crippen molar-refractivity contribution in [1.82, 2.24) is 0 Å². The van der Waals surface area contributed by atoms with Crippen LogP contribution < -0.4 is 14.8 Å². The third kappa shape index (κ3) is 4.55. The van der Waals surface area contributed by atoms with Gasteiger partial charge in [-0.25, -0.2) is 4.39 Å². The summed E-state index contributed by atoms with van der Waals surface area (Å²) in [5.74, 6) is -0.530. The average Bonchev–Trinajstić information content (AvgIpc) is 2.55. The lowest BCUT2D eigenvalue weighted by Crippen LogP contribution is -2.21. The number of carbonyl (C=O) groups is 2. The first-order valence-electron chi connectivity index (χ1n) is 6.97. The van der Waals surface area contributed by atoms with Gasteiger partial charge in [0, 0.05) is 10.0 Å². The summed E-state index contributed by atoms with van der Waals surface area (Å²) in [7, 11) is 1.43. The Labute approximate surface area is 146 Å². The molecule has 0 aliphatic carbocycles. The molecule has 2 aromatic carbocycles. The molecule has 0 aromatic heterocycles. The molecule has 0 saturated carbocycles. The molecule has 0 aliphatic heterocycles. The zero-order valence-corrected chi connectivity index (χ0v) is 14.6. The fourth-order valence-corrected chi connectivity index (χ4v) is 2.26. The van der Waals surface area contributed by atoms with E-state index in [0.717, 1.165) is 0 Å². The third-order valence-electron chi connectivity index (χ3n) is 3.13. The van der Waals surface area contributed by atoms with E-state index in [1.165, 1.54) is 32.2 Å². The topological polar surface area (TPSA) is 64.6 Å². The molecule has 1 N–H and O–H groups in total. The molecule has 7 heteroatoms. The van der Waals surface area contributed by atoms with E-state index in [4.69, 9.17) is 9.47 Å². The second-order valence-corrected chi connectivity index (χ2v) is 5.80. The minimum Gasteiger partial charge on any atom is -0.493 e. The Morgan fingerprint density at radius 3 is 2.54 bits per heavy atom. The summed E-state index contributed by atoms with van der Waals surface area (Å²) < 4.78 is 24.8. The summed E-state index contributed by atoms with van der Waals surface area (Å²) in [5, 5.41) is 2.42. The molecule has 2 aromatic rings. The van der Waals surface area contributed by atoms with Gasteiger partial charge in [-0.2, -0.15) is 0 Å². The van der Waals surface area contributed by atoms with Crippen LogP contribution in [0.15, 0.2) is 40.9 Å². The molecule has 24 heavy (non-hydrogen) atoms. The highest BCUT2D eigenvalue weighted by Crippen LogP contribution is 2.28. The van der Waals surface area contributed by atoms with Crippen LogP contribution in [0.1, 0.15) is 17.3 Å². The number of ether oxygens (including phenoxy) is 2. The van der Waals surface area contributed by atoms with Crippen LogP contribution in [-0.2, 0) is 4.79 Å². The van der Waals surface area contributed by atoms with Gasteiger partial charge in [0.25, 0.3) is 5.91 Å². The second-order valence-electron chi connectivity index (χ2n) is 4.88. The van der Waals surface area contributed by atoms with E-state index in [1.807, 2.05) is 0 Å². The lowest BCUT2D eigenvalue weighted by molar-refractivity contribution is -0.118. The van der Waals surface area contributed by atoms with Crippen molar-refractivity contribution in [2.75, 3.05) is 19.0 Å². The largest absolute Gasteiger partial charge is 0.493 e. The molecule has 0 fully saturated rings. The summed E-state index contributed by atoms with van der Waals surface area (Å²) in [4.78, 5) is 23.2. The normalized spacial score (nSPS) is 10.2. The fourth-order valence-electron chi connectivity index (χ4n) is 1.93. The number of methoxy groups -OCH3 is 1. The number of Topliss-reactive ketones (excluding diaryl/α,β-unsaturated/α-hetero) is 1. The van der Waals surface area contributed by atoms with Crippen molar-refractivity contribution < 1.29 is 23.5 Å². The standard InChI is InChI=1S/C17H15BrFNO4/c1-10(21)11-3-6-15(16(7-11)23-2)24-9-17(22)20-14-5-4-12(18)8-13(14)19/h3-8H,9H2,1-2H3,(H,20,22). The molecule has 5 nitrogen and oxygen atoms in total. The van der Waals surface area contributed by atoms with E-state index in [9.17, 15) is 14.0 Å². The van der Waals surface area contributed by atoms with E-state index in [1.54, 1.807) is 18.2 Å². The van der Waals surface area contributed by atoms with Crippen molar-refractivity contribution in [3.8, 4) is 11.5 Å². The third-order valence-corrected chi connectivity index (χ3v) is 3.63. The molecular formula is C17H15BrFNO4. The maximum atomic E-state index is 13.7. The molecule has 0 radical (unpaired) electrons. The highest BCUT2D eigenvalue weighted by molar-refractivity contribution is 9.10. The minimum absolute atomic E-state index is 0.0608. The Morgan fingerprint density at radius 1 is 1.17 bits per heavy atom. The SMILES string of the molecule is COc1cc(C(C)=O)ccc1OCC(=O)Nc1ccc(Br)cc1F. The van der Waals surface area contributed by atoms with Crippen molar-refractivity contribution in [3.63, 3.8) is 0 Å². The fraction of sp³-hybridized carbons (Fsp3) is 0.176. The first-order valence-corrected chi connectivity index (χ1v) is 7.76. The maximum absolute atomic E-state index is 13.7. The Hall–Kier alpha value is -2.41. The Kier molecular flexibility index (Phi) is 5.92. The van der Waals surface area contributed by atoms with Gasteiger partial charge in [0.05, 0.1) is 12.8 Å². The monoisotopic (exact) mass is 395 g/mol. The van der Waals surface area contributed by atoms with Crippen LogP contribution in [-0.4, -0.2) is 25.4 Å². The number of nitrogens with one attached hydrogen (secondary N) is 1. The van der Waals surface area contributed by atoms with Gasteiger partial charge in [-0.15, -0.1) is 0 Å². The summed E-state index contributed by atoms with van der Waals surface area (Å²) in [6.07, 6.45) is 0. The number of hydrogen-bond acceptors (Lipinski definition) is 4. The van der Waals surface area contributed by atoms with Gasteiger partial charge in [0.15, 0.2) is 23.9 Å². The summed E-state index contributed by atoms with van der Waals surface area (Å²) in [5.41, 5.74) is 0.534. The first kappa shape index (κ1) is 17.9. The molecule has 0 bridgehead atoms. The molecule has 0 unspecified atom stereocenters. The highest BCUT2D eigenvalue weighted by atomic mass is 79.9. The summed E-state index contributed by atoms with van der Waals surface area (Å²) >= 11 is 3.14. The van der Waals surface area contributed by atoms with Crippen LogP contribution in [0.4, 0.5) is 10.1 Å². The van der Waals surface area contributed by atoms with Crippen LogP contribution in [0.2, 0.25) is 0 Å². The number of carbonyl (C=O) groups excluding carboxylic acids is 2. The predicted octanol–water partition coefficient (Wildman–Crippen LogP) is 3.82. The molecule has 126 valence electrons. The lowest BCUT2D eigenvalue weighted by atomic mass is 10.1. The summed E-state index contributed by atoms with van der Waals surface area (Å²) in [6, 6.07) is 8.96. The van der Waals surface area contributed by atoms with Gasteiger partial charge in [0.2, 0.25) is 0 Å². The molecule has 2 rings (SSSR count). The Balaban J connectivity index is 2.02. The summed E-state index contributed by atoms with van der Waals surface area (Å²) in [6.45, 7) is 1.11. The number of ketones is 1. The molecule has 1 amide bonds. The number of halogens is 2. The van der Waals surface area contributed by atoms with Crippen molar-refractivity contribution in [2.24, 2.45) is 0 Å². The maximum Gasteiger partial charge on any atom is 0.262 e. The minimum atomic E-state index is -0.555. The molecule has 0 saturated heterocycles. The predicted molar refractivity (Wildman–Crippen MR) is 91.2 cm³/mol. The van der Waals surface area contributed by atoms with Crippen LogP contribution in [0, 0.1) is 5.82 Å². The molecule has 0 spiro atoms. The Bertz CT molecular complexity index is 779. The molecule has 0 aliphatic rings. The van der Waals surface area contributed by atoms with Crippen molar-refractivity contribution in [3.05, 3.63) is 52.3 Å². The highest BCUT2D eigenvalue weighted by Gasteiger charge is 2.12. The van der Waals surface area contributed by atoms with Crippen molar-refractivity contribution in [2.45, 2.75) is 6.92 Å². The number of amides is 1. The molecule has 0 atom stereocenters. The van der Waals surface area contributed by atoms with Crippen LogP contribution in [0.3, 0.4) is 0 Å². The van der Waals surface area contributed by atoms with E-state index >= 15 is 0 Å². The average molecular weight is 396 g/mol. The van der Waals surface area contributed by atoms with Gasteiger partial charge in [-0.1, -0.05) is 15.9 Å². The van der Waals surface area contributed by atoms with E-state index < -0.39 is 11.7 Å². The van der Waals surface area contributed by atoms with Gasteiger partial charge >= 0.3 is 0 Å². The quantitative estimate of drug-likeness (QED) is 0.755. The van der Waals surface area contributed by atoms with Gasteiger partial charge in [-0.3, -0.25) is 9.59 Å². The van der Waals surface area contributed by atoms with Gasteiger partial charge < -0.3 is 14.8 Å². The Morgan fingerprint density at radius 2 is 1.92 bits per heavy atom. The zero-order chi connectivity index (χ0) is 17.7. The first-order chi connectivity index (χ1) is 11.4.